The van der Waals surface area contributed by atoms with Crippen LogP contribution in [0.5, 0.6) is 0 Å². The van der Waals surface area contributed by atoms with Crippen molar-refractivity contribution >= 4 is 5.97 Å². The summed E-state index contributed by atoms with van der Waals surface area (Å²) in [7, 11) is 0. The molecule has 0 amide bonds. The van der Waals surface area contributed by atoms with Gasteiger partial charge in [-0.05, 0) is 25.3 Å². The maximum atomic E-state index is 11.5. The standard InChI is InChI=1S/C10H19NO2/c1-8(2)7-13-10(12)9-4-3-5-11-6-9/h8-9,11H,3-7H2,1-2H3/i8D. The second-order valence-electron chi connectivity index (χ2n) is 3.86. The molecule has 76 valence electrons. The number of nitrogens with one attached hydrogen (secondary N) is 1. The summed E-state index contributed by atoms with van der Waals surface area (Å²) in [4.78, 5) is 11.5. The summed E-state index contributed by atoms with van der Waals surface area (Å²) in [6.07, 6.45) is 1.94. The number of ether oxygens (including phenoxy) is 1. The van der Waals surface area contributed by atoms with Gasteiger partial charge in [-0.25, -0.2) is 0 Å². The van der Waals surface area contributed by atoms with Crippen molar-refractivity contribution < 1.29 is 10.9 Å². The van der Waals surface area contributed by atoms with Crippen LogP contribution in [0.1, 0.15) is 28.1 Å². The first-order valence-corrected chi connectivity index (χ1v) is 4.86. The van der Waals surface area contributed by atoms with Gasteiger partial charge in [-0.2, -0.15) is 0 Å². The highest BCUT2D eigenvalue weighted by atomic mass is 16.5. The maximum Gasteiger partial charge on any atom is 0.310 e. The molecule has 1 rings (SSSR count). The molecule has 1 aliphatic heterocycles. The topological polar surface area (TPSA) is 38.3 Å². The molecule has 1 N–H and O–H groups in total. The number of hydrogen-bond acceptors (Lipinski definition) is 3. The first-order chi connectivity index (χ1) is 6.49. The van der Waals surface area contributed by atoms with Crippen molar-refractivity contribution in [2.75, 3.05) is 19.7 Å². The van der Waals surface area contributed by atoms with Crippen molar-refractivity contribution in [2.24, 2.45) is 11.8 Å². The normalized spacial score (nSPS) is 25.1. The minimum Gasteiger partial charge on any atom is -0.465 e. The summed E-state index contributed by atoms with van der Waals surface area (Å²) in [6.45, 7) is 5.37. The fourth-order valence-corrected chi connectivity index (χ4v) is 1.39. The minimum atomic E-state index is -0.683. The fraction of sp³-hybridized carbons (Fsp3) is 0.900. The van der Waals surface area contributed by atoms with Crippen molar-refractivity contribution in [3.63, 3.8) is 0 Å². The van der Waals surface area contributed by atoms with E-state index in [-0.39, 0.29) is 18.5 Å². The second kappa shape index (κ2) is 5.22. The monoisotopic (exact) mass is 186 g/mol. The van der Waals surface area contributed by atoms with Gasteiger partial charge in [-0.15, -0.1) is 0 Å². The molecule has 13 heavy (non-hydrogen) atoms. The number of piperidine rings is 1. The van der Waals surface area contributed by atoms with Crippen LogP contribution in [0.15, 0.2) is 0 Å². The van der Waals surface area contributed by atoms with E-state index in [1.54, 1.807) is 13.8 Å². The van der Waals surface area contributed by atoms with Crippen LogP contribution >= 0.6 is 0 Å². The van der Waals surface area contributed by atoms with Crippen LogP contribution in [-0.2, 0) is 9.53 Å². The average Bonchev–Trinajstić information content (AvgIpc) is 2.14. The summed E-state index contributed by atoms with van der Waals surface area (Å²) >= 11 is 0. The van der Waals surface area contributed by atoms with Gasteiger partial charge in [0.2, 0.25) is 0 Å². The van der Waals surface area contributed by atoms with E-state index in [9.17, 15) is 4.79 Å². The molecule has 0 aromatic carbocycles. The third kappa shape index (κ3) is 3.77. The molecule has 1 heterocycles. The lowest BCUT2D eigenvalue weighted by Crippen LogP contribution is -2.35. The van der Waals surface area contributed by atoms with Crippen molar-refractivity contribution in [1.29, 1.82) is 0 Å². The molecule has 1 atom stereocenters. The third-order valence-electron chi connectivity index (χ3n) is 2.13. The molecule has 0 aromatic heterocycles. The lowest BCUT2D eigenvalue weighted by atomic mass is 10.0. The van der Waals surface area contributed by atoms with E-state index in [2.05, 4.69) is 5.32 Å². The predicted octanol–water partition coefficient (Wildman–Crippen LogP) is 1.19. The average molecular weight is 186 g/mol. The van der Waals surface area contributed by atoms with Crippen molar-refractivity contribution in [3.8, 4) is 0 Å². The van der Waals surface area contributed by atoms with Gasteiger partial charge in [0.05, 0.1) is 12.5 Å². The van der Waals surface area contributed by atoms with Crippen LogP contribution in [0.4, 0.5) is 0 Å². The van der Waals surface area contributed by atoms with Crippen molar-refractivity contribution in [1.82, 2.24) is 5.32 Å². The fourth-order valence-electron chi connectivity index (χ4n) is 1.39. The number of carbonyl (C=O) groups is 1. The molecule has 0 radical (unpaired) electrons. The summed E-state index contributed by atoms with van der Waals surface area (Å²) in [5, 5.41) is 3.17. The van der Waals surface area contributed by atoms with Gasteiger partial charge in [0.1, 0.15) is 0 Å². The molecule has 1 fully saturated rings. The molecular weight excluding hydrogens is 166 g/mol. The number of esters is 1. The Morgan fingerprint density at radius 2 is 2.54 bits per heavy atom. The molecule has 0 aliphatic carbocycles. The second-order valence-corrected chi connectivity index (χ2v) is 3.86. The van der Waals surface area contributed by atoms with Crippen LogP contribution < -0.4 is 5.32 Å². The Bertz CT molecular complexity index is 195. The molecule has 1 aliphatic rings. The van der Waals surface area contributed by atoms with Gasteiger partial charge in [-0.1, -0.05) is 13.8 Å². The smallest absolute Gasteiger partial charge is 0.310 e. The number of rotatable bonds is 3. The van der Waals surface area contributed by atoms with E-state index in [4.69, 9.17) is 6.11 Å². The zero-order chi connectivity index (χ0) is 10.6. The summed E-state index contributed by atoms with van der Waals surface area (Å²) in [5.74, 6) is -0.846. The highest BCUT2D eigenvalue weighted by Crippen LogP contribution is 2.12. The van der Waals surface area contributed by atoms with Crippen LogP contribution in [-0.4, -0.2) is 25.7 Å². The highest BCUT2D eigenvalue weighted by molar-refractivity contribution is 5.72. The molecule has 3 heteroatoms. The summed E-state index contributed by atoms with van der Waals surface area (Å²) < 4.78 is 12.6. The first-order valence-electron chi connectivity index (χ1n) is 5.36. The molecule has 0 bridgehead atoms. The molecular formula is C10H19NO2. The molecule has 0 aromatic rings. The number of hydrogen-bond donors (Lipinski definition) is 1. The van der Waals surface area contributed by atoms with Crippen LogP contribution in [0.2, 0.25) is 0 Å². The van der Waals surface area contributed by atoms with Gasteiger partial charge in [0.25, 0.3) is 0 Å². The molecule has 3 nitrogen and oxygen atoms in total. The third-order valence-corrected chi connectivity index (χ3v) is 2.13. The van der Waals surface area contributed by atoms with Gasteiger partial charge >= 0.3 is 5.97 Å². The SMILES string of the molecule is [2H]C(C)(C)COC(=O)C1CCCNC1. The van der Waals surface area contributed by atoms with Crippen LogP contribution in [0, 0.1) is 11.8 Å². The van der Waals surface area contributed by atoms with Crippen molar-refractivity contribution in [2.45, 2.75) is 26.7 Å². The van der Waals surface area contributed by atoms with E-state index in [0.717, 1.165) is 25.9 Å². The van der Waals surface area contributed by atoms with Crippen molar-refractivity contribution in [3.05, 3.63) is 0 Å². The Hall–Kier alpha value is -0.570. The number of carbonyl (C=O) groups excluding carboxylic acids is 1. The Morgan fingerprint density at radius 3 is 3.08 bits per heavy atom. The van der Waals surface area contributed by atoms with Gasteiger partial charge in [-0.3, -0.25) is 4.79 Å². The molecule has 1 unspecified atom stereocenters. The van der Waals surface area contributed by atoms with Gasteiger partial charge < -0.3 is 10.1 Å². The minimum absolute atomic E-state index is 0.00824. The molecule has 0 spiro atoms. The molecule has 0 saturated carbocycles. The largest absolute Gasteiger partial charge is 0.465 e. The Labute approximate surface area is 81.2 Å². The Balaban J connectivity index is 2.27. The van der Waals surface area contributed by atoms with Crippen LogP contribution in [0.3, 0.4) is 0 Å². The lowest BCUT2D eigenvalue weighted by molar-refractivity contribution is -0.150. The highest BCUT2D eigenvalue weighted by Gasteiger charge is 2.22. The quantitative estimate of drug-likeness (QED) is 0.673. The first kappa shape index (κ1) is 9.00. The Kier molecular flexibility index (Phi) is 3.62. The van der Waals surface area contributed by atoms with E-state index in [1.165, 1.54) is 0 Å². The zero-order valence-electron chi connectivity index (χ0n) is 9.43. The van der Waals surface area contributed by atoms with E-state index < -0.39 is 5.89 Å². The zero-order valence-corrected chi connectivity index (χ0v) is 8.43. The Morgan fingerprint density at radius 1 is 1.77 bits per heavy atom. The maximum absolute atomic E-state index is 11.5. The van der Waals surface area contributed by atoms with E-state index >= 15 is 0 Å². The van der Waals surface area contributed by atoms with Crippen LogP contribution in [0.25, 0.3) is 0 Å². The predicted molar refractivity (Wildman–Crippen MR) is 51.4 cm³/mol. The van der Waals surface area contributed by atoms with E-state index in [0.29, 0.717) is 0 Å². The summed E-state index contributed by atoms with van der Waals surface area (Å²) in [5.41, 5.74) is 0. The van der Waals surface area contributed by atoms with Gasteiger partial charge in [0.15, 0.2) is 0 Å². The van der Waals surface area contributed by atoms with E-state index in [1.807, 2.05) is 0 Å². The van der Waals surface area contributed by atoms with Gasteiger partial charge in [0, 0.05) is 7.92 Å². The molecule has 1 saturated heterocycles. The summed E-state index contributed by atoms with van der Waals surface area (Å²) in [6, 6.07) is 0. The lowest BCUT2D eigenvalue weighted by Gasteiger charge is -2.21.